The Morgan fingerprint density at radius 1 is 0.500 bits per heavy atom. The van der Waals surface area contributed by atoms with Crippen molar-refractivity contribution in [1.29, 1.82) is 0 Å². The average molecular weight is 815 g/mol. The monoisotopic (exact) mass is 814 g/mol. The fourth-order valence-corrected chi connectivity index (χ4v) is 15.7. The van der Waals surface area contributed by atoms with E-state index in [4.69, 9.17) is 11.6 Å². The molecule has 9 aromatic rings. The first kappa shape index (κ1) is 31.7. The summed E-state index contributed by atoms with van der Waals surface area (Å²) in [5.74, 6) is 1.50. The molecule has 0 saturated carbocycles. The van der Waals surface area contributed by atoms with E-state index in [9.17, 15) is 0 Å². The van der Waals surface area contributed by atoms with E-state index in [0.29, 0.717) is 11.3 Å². The van der Waals surface area contributed by atoms with Crippen molar-refractivity contribution in [2.75, 3.05) is 4.90 Å². The number of hydrogen-bond acceptors (Lipinski definition) is 2. The molecular weight excluding hydrogens is 766 g/mol. The third-order valence-electron chi connectivity index (χ3n) is 13.3. The van der Waals surface area contributed by atoms with Crippen molar-refractivity contribution in [3.05, 3.63) is 218 Å². The summed E-state index contributed by atoms with van der Waals surface area (Å²) in [5, 5.41) is 5.43. The van der Waals surface area contributed by atoms with Crippen LogP contribution in [0.4, 0.5) is 17.1 Å². The van der Waals surface area contributed by atoms with E-state index in [2.05, 4.69) is 177 Å². The number of nitrogens with zero attached hydrogens (tertiary/aromatic N) is 1. The predicted molar refractivity (Wildman–Crippen MR) is 264 cm³/mol. The minimum atomic E-state index is -2.87. The molecule has 0 spiro atoms. The fourth-order valence-electron chi connectivity index (χ4n) is 10.5. The lowest BCUT2D eigenvalue weighted by Crippen LogP contribution is -2.73. The number of para-hydroxylation sites is 1. The van der Waals surface area contributed by atoms with E-state index in [1.54, 1.807) is 0 Å². The molecule has 12 rings (SSSR count). The van der Waals surface area contributed by atoms with Gasteiger partial charge >= 0.3 is 0 Å². The average Bonchev–Trinajstić information content (AvgIpc) is 3.64. The molecule has 0 atom stereocenters. The zero-order valence-electron chi connectivity index (χ0n) is 39.8. The van der Waals surface area contributed by atoms with Crippen LogP contribution in [0.5, 0.6) is 11.5 Å². The molecule has 0 radical (unpaired) electrons. The summed E-state index contributed by atoms with van der Waals surface area (Å²) in [6, 6.07) is 63.9. The van der Waals surface area contributed by atoms with Crippen LogP contribution in [-0.2, 0) is 5.41 Å². The van der Waals surface area contributed by atoms with Crippen LogP contribution in [0.15, 0.2) is 212 Å². The van der Waals surface area contributed by atoms with E-state index in [1.165, 1.54) is 42.9 Å². The zero-order chi connectivity index (χ0) is 45.9. The Labute approximate surface area is 372 Å². The van der Waals surface area contributed by atoms with Gasteiger partial charge in [0.25, 0.3) is 6.71 Å². The molecule has 0 bridgehead atoms. The van der Waals surface area contributed by atoms with Crippen LogP contribution in [0, 0.1) is 0 Å². The fraction of sp³-hybridized carbons (Fsp3) is 0.0690. The molecular formula is C58H44BNOSi. The van der Waals surface area contributed by atoms with Gasteiger partial charge in [-0.3, -0.25) is 0 Å². The van der Waals surface area contributed by atoms with Gasteiger partial charge in [-0.05, 0) is 118 Å². The molecule has 0 N–H and O–H groups in total. The molecule has 4 heteroatoms. The number of rotatable bonds is 5. The van der Waals surface area contributed by atoms with Gasteiger partial charge in [0.2, 0.25) is 0 Å². The number of fused-ring (bicyclic) bond motifs is 7. The van der Waals surface area contributed by atoms with E-state index in [0.717, 1.165) is 44.9 Å². The second-order valence-corrected chi connectivity index (χ2v) is 21.4. The highest BCUT2D eigenvalue weighted by molar-refractivity contribution is 7.22. The molecule has 3 aliphatic heterocycles. The van der Waals surface area contributed by atoms with Gasteiger partial charge in [-0.15, -0.1) is 0 Å². The lowest BCUT2D eigenvalue weighted by Gasteiger charge is -2.41. The molecule has 0 saturated heterocycles. The van der Waals surface area contributed by atoms with Crippen molar-refractivity contribution in [2.24, 2.45) is 0 Å². The predicted octanol–water partition coefficient (Wildman–Crippen LogP) is 10.1. The maximum absolute atomic E-state index is 9.01. The normalized spacial score (nSPS) is 15.0. The summed E-state index contributed by atoms with van der Waals surface area (Å²) in [5.41, 5.74) is 12.3. The van der Waals surface area contributed by atoms with Crippen molar-refractivity contribution < 1.29 is 11.6 Å². The highest BCUT2D eigenvalue weighted by Gasteiger charge is 2.51. The molecule has 3 aliphatic rings. The van der Waals surface area contributed by atoms with E-state index in [-0.39, 0.29) is 41.9 Å². The Kier molecular flexibility index (Phi) is 7.13. The second-order valence-electron chi connectivity index (χ2n) is 17.6. The molecule has 0 unspecified atom stereocenters. The van der Waals surface area contributed by atoms with Crippen molar-refractivity contribution in [1.82, 2.24) is 0 Å². The highest BCUT2D eigenvalue weighted by atomic mass is 28.3. The van der Waals surface area contributed by atoms with Gasteiger partial charge in [-0.25, -0.2) is 0 Å². The summed E-state index contributed by atoms with van der Waals surface area (Å²) < 4.78 is 50.6. The summed E-state index contributed by atoms with van der Waals surface area (Å²) in [7, 11) is -2.87. The van der Waals surface area contributed by atoms with Crippen LogP contribution in [0.1, 0.15) is 33.2 Å². The van der Waals surface area contributed by atoms with Crippen molar-refractivity contribution in [3.63, 3.8) is 0 Å². The quantitative estimate of drug-likeness (QED) is 0.161. The Balaban J connectivity index is 1.19. The van der Waals surface area contributed by atoms with Gasteiger partial charge in [-0.2, -0.15) is 0 Å². The largest absolute Gasteiger partial charge is 0.458 e. The molecule has 2 nitrogen and oxygen atoms in total. The number of anilines is 3. The minimum Gasteiger partial charge on any atom is -0.458 e. The summed E-state index contributed by atoms with van der Waals surface area (Å²) in [6.45, 7) is 6.52. The van der Waals surface area contributed by atoms with Gasteiger partial charge in [0.05, 0.1) is 6.85 Å². The van der Waals surface area contributed by atoms with Crippen LogP contribution >= 0.6 is 0 Å². The molecule has 3 heterocycles. The van der Waals surface area contributed by atoms with Crippen molar-refractivity contribution >= 4 is 69.0 Å². The van der Waals surface area contributed by atoms with Crippen LogP contribution in [0.3, 0.4) is 0 Å². The maximum Gasteiger partial charge on any atom is 0.256 e. The van der Waals surface area contributed by atoms with E-state index < -0.39 is 14.1 Å². The first-order chi connectivity index (χ1) is 32.5. The summed E-state index contributed by atoms with van der Waals surface area (Å²) in [4.78, 5) is 2.40. The van der Waals surface area contributed by atoms with Gasteiger partial charge in [0, 0.05) is 17.1 Å². The molecule has 0 aliphatic carbocycles. The lowest BCUT2D eigenvalue weighted by molar-refractivity contribution is 0.488. The van der Waals surface area contributed by atoms with Crippen LogP contribution < -0.4 is 46.8 Å². The smallest absolute Gasteiger partial charge is 0.256 e. The Bertz CT molecular complexity index is 3430. The van der Waals surface area contributed by atoms with Gasteiger partial charge in [0.1, 0.15) is 11.5 Å². The number of hydrogen-bond donors (Lipinski definition) is 0. The van der Waals surface area contributed by atoms with Crippen LogP contribution in [-0.4, -0.2) is 14.8 Å². The van der Waals surface area contributed by atoms with Gasteiger partial charge < -0.3 is 9.64 Å². The molecule has 0 aromatic heterocycles. The van der Waals surface area contributed by atoms with Crippen molar-refractivity contribution in [3.8, 4) is 44.9 Å². The Morgan fingerprint density at radius 3 is 1.81 bits per heavy atom. The molecule has 9 aromatic carbocycles. The van der Waals surface area contributed by atoms with Gasteiger partial charge in [0.15, 0.2) is 8.07 Å². The lowest BCUT2D eigenvalue weighted by atomic mass is 9.34. The molecule has 0 amide bonds. The van der Waals surface area contributed by atoms with E-state index in [1.807, 2.05) is 30.3 Å². The maximum atomic E-state index is 9.01. The number of benzene rings is 9. The standard InChI is InChI=1S/C58H44BNOSi/c1-58(2,3)41-31-33-42(34-32-41)60-51-37-48-47-27-15-18-30-55(47)62(43-21-9-5-10-22-43,44-23-11-6-12-24-44)56(48)38-50(51)59-49-28-16-17-29-53(49)61-54-36-40(35-52(60)57(54)59)46-26-14-13-25-45(46)39-19-7-4-8-20-39/h4-38H,1-3H3/i4D,7D,8D,19D,20D. The third kappa shape index (κ3) is 5.43. The Hall–Kier alpha value is -7.14. The third-order valence-corrected chi connectivity index (χ3v) is 18.1. The zero-order valence-corrected chi connectivity index (χ0v) is 35.8. The van der Waals surface area contributed by atoms with Crippen molar-refractivity contribution in [2.45, 2.75) is 26.2 Å². The van der Waals surface area contributed by atoms with E-state index >= 15 is 0 Å². The highest BCUT2D eigenvalue weighted by Crippen LogP contribution is 2.46. The minimum absolute atomic E-state index is 0.0550. The SMILES string of the molecule is [2H]c1c([2H])c([2H])c(-c2ccccc2-c2cc3c4c(c2)N(c2ccc(C(C)(C)C)cc2)c2cc5c(cc2B4c2ccccc2O3)[Si](c2ccccc2)(c2ccccc2)c2ccccc2-5)c([2H])c1[2H]. The molecule has 62 heavy (non-hydrogen) atoms. The van der Waals surface area contributed by atoms with Crippen LogP contribution in [0.2, 0.25) is 0 Å². The first-order valence-electron chi connectivity index (χ1n) is 23.9. The second kappa shape index (κ2) is 14.0. The number of ether oxygens (including phenoxy) is 1. The molecule has 294 valence electrons. The molecule has 0 fully saturated rings. The Morgan fingerprint density at radius 2 is 1.11 bits per heavy atom. The summed E-state index contributed by atoms with van der Waals surface area (Å²) in [6.07, 6.45) is 0. The first-order valence-corrected chi connectivity index (χ1v) is 23.4. The van der Waals surface area contributed by atoms with Crippen LogP contribution in [0.25, 0.3) is 33.4 Å². The topological polar surface area (TPSA) is 12.5 Å². The summed E-state index contributed by atoms with van der Waals surface area (Å²) >= 11 is 0. The van der Waals surface area contributed by atoms with Gasteiger partial charge in [-0.1, -0.05) is 197 Å².